The standard InChI is InChI=1S/C16H15ClN4O2S/c1-3-23-16(22)10(2)24-15-13-8-20-21(14(13)18-9-19-15)12-6-4-5-11(17)7-12/h4-10H,3H2,1-2H3/t10-/m1/s1. The lowest BCUT2D eigenvalue weighted by atomic mass is 10.3. The zero-order valence-corrected chi connectivity index (χ0v) is 14.7. The molecule has 0 aliphatic rings. The van der Waals surface area contributed by atoms with Crippen LogP contribution in [0.25, 0.3) is 16.7 Å². The zero-order valence-electron chi connectivity index (χ0n) is 13.1. The number of halogens is 1. The minimum Gasteiger partial charge on any atom is -0.465 e. The SMILES string of the molecule is CCOC(=O)[C@@H](C)Sc1ncnc2c1cnn2-c1cccc(Cl)c1. The predicted octanol–water partition coefficient (Wildman–Crippen LogP) is 3.51. The molecule has 0 saturated heterocycles. The highest BCUT2D eigenvalue weighted by Crippen LogP contribution is 2.29. The molecule has 0 aliphatic heterocycles. The summed E-state index contributed by atoms with van der Waals surface area (Å²) in [6.45, 7) is 3.93. The van der Waals surface area contributed by atoms with Gasteiger partial charge in [0.15, 0.2) is 5.65 Å². The van der Waals surface area contributed by atoms with Gasteiger partial charge in [0, 0.05) is 5.02 Å². The van der Waals surface area contributed by atoms with Gasteiger partial charge in [-0.25, -0.2) is 14.6 Å². The molecule has 2 aromatic heterocycles. The lowest BCUT2D eigenvalue weighted by molar-refractivity contribution is -0.142. The molecule has 0 bridgehead atoms. The van der Waals surface area contributed by atoms with Crippen molar-refractivity contribution in [1.29, 1.82) is 0 Å². The Labute approximate surface area is 148 Å². The van der Waals surface area contributed by atoms with E-state index >= 15 is 0 Å². The Kier molecular flexibility index (Phi) is 5.01. The molecule has 6 nitrogen and oxygen atoms in total. The smallest absolute Gasteiger partial charge is 0.319 e. The van der Waals surface area contributed by atoms with Gasteiger partial charge in [0.1, 0.15) is 16.6 Å². The lowest BCUT2D eigenvalue weighted by Gasteiger charge is -2.10. The number of hydrogen-bond acceptors (Lipinski definition) is 6. The van der Waals surface area contributed by atoms with Crippen LogP contribution in [0.15, 0.2) is 41.8 Å². The van der Waals surface area contributed by atoms with Gasteiger partial charge in [0.2, 0.25) is 0 Å². The number of fused-ring (bicyclic) bond motifs is 1. The van der Waals surface area contributed by atoms with E-state index in [4.69, 9.17) is 16.3 Å². The average Bonchev–Trinajstić information content (AvgIpc) is 3.00. The number of benzene rings is 1. The number of nitrogens with zero attached hydrogens (tertiary/aromatic N) is 4. The second-order valence-electron chi connectivity index (χ2n) is 4.96. The van der Waals surface area contributed by atoms with Crippen LogP contribution in [0.4, 0.5) is 0 Å². The Morgan fingerprint density at radius 1 is 1.42 bits per heavy atom. The molecule has 124 valence electrons. The fraction of sp³-hybridized carbons (Fsp3) is 0.250. The quantitative estimate of drug-likeness (QED) is 0.393. The number of carbonyl (C=O) groups is 1. The van der Waals surface area contributed by atoms with E-state index in [9.17, 15) is 4.79 Å². The van der Waals surface area contributed by atoms with Crippen LogP contribution in [0.2, 0.25) is 5.02 Å². The van der Waals surface area contributed by atoms with E-state index in [1.54, 1.807) is 30.8 Å². The number of carbonyl (C=O) groups excluding carboxylic acids is 1. The summed E-state index contributed by atoms with van der Waals surface area (Å²) in [5.41, 5.74) is 1.47. The molecule has 0 amide bonds. The molecule has 0 unspecified atom stereocenters. The summed E-state index contributed by atoms with van der Waals surface area (Å²) in [5, 5.41) is 6.10. The van der Waals surface area contributed by atoms with Gasteiger partial charge in [-0.1, -0.05) is 29.4 Å². The van der Waals surface area contributed by atoms with Crippen LogP contribution in [-0.4, -0.2) is 37.6 Å². The Morgan fingerprint density at radius 3 is 3.00 bits per heavy atom. The summed E-state index contributed by atoms with van der Waals surface area (Å²) in [6, 6.07) is 7.36. The Bertz CT molecular complexity index is 883. The van der Waals surface area contributed by atoms with Crippen LogP contribution in [-0.2, 0) is 9.53 Å². The third-order valence-electron chi connectivity index (χ3n) is 3.29. The van der Waals surface area contributed by atoms with Gasteiger partial charge in [-0.3, -0.25) is 4.79 Å². The van der Waals surface area contributed by atoms with Crippen molar-refractivity contribution in [1.82, 2.24) is 19.7 Å². The summed E-state index contributed by atoms with van der Waals surface area (Å²) in [5.74, 6) is -0.267. The molecule has 3 rings (SSSR count). The molecule has 0 spiro atoms. The average molecular weight is 363 g/mol. The van der Waals surface area contributed by atoms with E-state index in [0.717, 1.165) is 11.1 Å². The Morgan fingerprint density at radius 2 is 2.25 bits per heavy atom. The van der Waals surface area contributed by atoms with Crippen LogP contribution in [0.5, 0.6) is 0 Å². The number of aromatic nitrogens is 4. The second-order valence-corrected chi connectivity index (χ2v) is 6.73. The first-order valence-electron chi connectivity index (χ1n) is 7.38. The molecule has 3 aromatic rings. The van der Waals surface area contributed by atoms with E-state index in [1.807, 2.05) is 18.2 Å². The normalized spacial score (nSPS) is 12.3. The first-order valence-corrected chi connectivity index (χ1v) is 8.64. The monoisotopic (exact) mass is 362 g/mol. The fourth-order valence-corrected chi connectivity index (χ4v) is 3.25. The summed E-state index contributed by atoms with van der Waals surface area (Å²) < 4.78 is 6.73. The largest absolute Gasteiger partial charge is 0.465 e. The van der Waals surface area contributed by atoms with Crippen molar-refractivity contribution in [2.45, 2.75) is 24.1 Å². The van der Waals surface area contributed by atoms with E-state index in [0.29, 0.717) is 22.3 Å². The van der Waals surface area contributed by atoms with Gasteiger partial charge in [-0.2, -0.15) is 5.10 Å². The van der Waals surface area contributed by atoms with Gasteiger partial charge >= 0.3 is 5.97 Å². The van der Waals surface area contributed by atoms with E-state index in [1.165, 1.54) is 18.1 Å². The molecule has 2 heterocycles. The van der Waals surface area contributed by atoms with Crippen molar-refractivity contribution in [3.63, 3.8) is 0 Å². The van der Waals surface area contributed by atoms with Crippen molar-refractivity contribution < 1.29 is 9.53 Å². The first-order chi connectivity index (χ1) is 11.6. The summed E-state index contributed by atoms with van der Waals surface area (Å²) >= 11 is 7.38. The highest BCUT2D eigenvalue weighted by atomic mass is 35.5. The molecule has 1 aromatic carbocycles. The molecule has 0 N–H and O–H groups in total. The first kappa shape index (κ1) is 16.7. The minimum atomic E-state index is -0.363. The van der Waals surface area contributed by atoms with Crippen molar-refractivity contribution in [2.24, 2.45) is 0 Å². The Hall–Kier alpha value is -2.12. The zero-order chi connectivity index (χ0) is 17.1. The lowest BCUT2D eigenvalue weighted by Crippen LogP contribution is -2.16. The number of ether oxygens (including phenoxy) is 1. The predicted molar refractivity (Wildman–Crippen MR) is 93.6 cm³/mol. The summed E-state index contributed by atoms with van der Waals surface area (Å²) in [6.07, 6.45) is 3.15. The van der Waals surface area contributed by atoms with Gasteiger partial charge in [-0.15, -0.1) is 0 Å². The van der Waals surface area contributed by atoms with E-state index < -0.39 is 0 Å². The molecule has 0 aliphatic carbocycles. The maximum absolute atomic E-state index is 11.8. The Balaban J connectivity index is 1.96. The van der Waals surface area contributed by atoms with Gasteiger partial charge in [0.05, 0.1) is 23.9 Å². The maximum atomic E-state index is 11.8. The van der Waals surface area contributed by atoms with Crippen LogP contribution in [0.3, 0.4) is 0 Å². The molecule has 0 fully saturated rings. The molecule has 0 radical (unpaired) electrons. The van der Waals surface area contributed by atoms with Crippen LogP contribution >= 0.6 is 23.4 Å². The highest BCUT2D eigenvalue weighted by molar-refractivity contribution is 8.00. The molecular formula is C16H15ClN4O2S. The maximum Gasteiger partial charge on any atom is 0.319 e. The number of hydrogen-bond donors (Lipinski definition) is 0. The van der Waals surface area contributed by atoms with Gasteiger partial charge in [0.25, 0.3) is 0 Å². The molecular weight excluding hydrogens is 348 g/mol. The molecule has 1 atom stereocenters. The van der Waals surface area contributed by atoms with Crippen LogP contribution < -0.4 is 0 Å². The molecule has 8 heteroatoms. The topological polar surface area (TPSA) is 69.9 Å². The third-order valence-corrected chi connectivity index (χ3v) is 4.62. The van der Waals surface area contributed by atoms with Gasteiger partial charge < -0.3 is 4.74 Å². The van der Waals surface area contributed by atoms with Crippen molar-refractivity contribution in [2.75, 3.05) is 6.61 Å². The second kappa shape index (κ2) is 7.19. The highest BCUT2D eigenvalue weighted by Gasteiger charge is 2.19. The number of rotatable bonds is 5. The van der Waals surface area contributed by atoms with Crippen LogP contribution in [0.1, 0.15) is 13.8 Å². The fourth-order valence-electron chi connectivity index (χ4n) is 2.19. The number of esters is 1. The molecule has 0 saturated carbocycles. The van der Waals surface area contributed by atoms with E-state index in [2.05, 4.69) is 15.1 Å². The van der Waals surface area contributed by atoms with E-state index in [-0.39, 0.29) is 11.2 Å². The summed E-state index contributed by atoms with van der Waals surface area (Å²) in [4.78, 5) is 20.4. The number of thioether (sulfide) groups is 1. The van der Waals surface area contributed by atoms with Crippen molar-refractivity contribution in [3.05, 3.63) is 41.8 Å². The summed E-state index contributed by atoms with van der Waals surface area (Å²) in [7, 11) is 0. The van der Waals surface area contributed by atoms with Crippen molar-refractivity contribution >= 4 is 40.4 Å². The third kappa shape index (κ3) is 3.37. The molecule has 24 heavy (non-hydrogen) atoms. The minimum absolute atomic E-state index is 0.267. The van der Waals surface area contributed by atoms with Gasteiger partial charge in [-0.05, 0) is 32.0 Å². The van der Waals surface area contributed by atoms with Crippen LogP contribution in [0, 0.1) is 0 Å². The van der Waals surface area contributed by atoms with Crippen molar-refractivity contribution in [3.8, 4) is 5.69 Å².